The second kappa shape index (κ2) is 3.12. The van der Waals surface area contributed by atoms with Crippen LogP contribution in [0.15, 0.2) is 17.5 Å². The van der Waals surface area contributed by atoms with Gasteiger partial charge in [-0.15, -0.1) is 0 Å². The van der Waals surface area contributed by atoms with Crippen molar-refractivity contribution in [2.24, 2.45) is 5.16 Å². The van der Waals surface area contributed by atoms with Crippen molar-refractivity contribution in [2.75, 3.05) is 0 Å². The van der Waals surface area contributed by atoms with E-state index in [0.29, 0.717) is 10.8 Å². The Morgan fingerprint density at radius 3 is 2.60 bits per heavy atom. The van der Waals surface area contributed by atoms with Crippen LogP contribution >= 0.6 is 11.6 Å². The SMILES string of the molecule is O/N=C/c1ncc(Cl)cn1. The summed E-state index contributed by atoms with van der Waals surface area (Å²) in [7, 11) is 0. The minimum absolute atomic E-state index is 0.326. The lowest BCUT2D eigenvalue weighted by Gasteiger charge is -1.87. The summed E-state index contributed by atoms with van der Waals surface area (Å²) >= 11 is 5.48. The Bertz CT molecular complexity index is 233. The molecule has 0 bridgehead atoms. The number of aromatic nitrogens is 2. The second-order valence-electron chi connectivity index (χ2n) is 1.50. The third kappa shape index (κ3) is 1.66. The first kappa shape index (κ1) is 6.95. The van der Waals surface area contributed by atoms with Gasteiger partial charge in [-0.3, -0.25) is 0 Å². The molecule has 0 unspecified atom stereocenters. The van der Waals surface area contributed by atoms with Gasteiger partial charge in [-0.2, -0.15) is 0 Å². The van der Waals surface area contributed by atoms with Gasteiger partial charge in [-0.25, -0.2) is 9.97 Å². The molecule has 1 aromatic rings. The van der Waals surface area contributed by atoms with Gasteiger partial charge in [-0.1, -0.05) is 16.8 Å². The molecule has 0 saturated heterocycles. The van der Waals surface area contributed by atoms with Crippen LogP contribution in [-0.2, 0) is 0 Å². The number of oxime groups is 1. The molecule has 1 aromatic heterocycles. The lowest BCUT2D eigenvalue weighted by atomic mass is 10.6. The van der Waals surface area contributed by atoms with Gasteiger partial charge in [0.25, 0.3) is 0 Å². The molecule has 0 fully saturated rings. The molecule has 1 rings (SSSR count). The highest BCUT2D eigenvalue weighted by Crippen LogP contribution is 2.01. The highest BCUT2D eigenvalue weighted by atomic mass is 35.5. The molecule has 0 spiro atoms. The van der Waals surface area contributed by atoms with Crippen LogP contribution < -0.4 is 0 Å². The summed E-state index contributed by atoms with van der Waals surface area (Å²) in [5, 5.41) is 11.2. The molecule has 0 amide bonds. The molecule has 0 saturated carbocycles. The standard InChI is InChI=1S/C5H4ClN3O/c6-4-1-7-5(3-9-10)8-2-4/h1-3,10H/b9-3+. The lowest BCUT2D eigenvalue weighted by molar-refractivity contribution is 0.321. The first-order valence-corrected chi connectivity index (χ1v) is 2.85. The van der Waals surface area contributed by atoms with Crippen LogP contribution in [0.25, 0.3) is 0 Å². The van der Waals surface area contributed by atoms with Crippen molar-refractivity contribution in [3.63, 3.8) is 0 Å². The summed E-state index contributed by atoms with van der Waals surface area (Å²) in [6, 6.07) is 0. The predicted octanol–water partition coefficient (Wildman–Crippen LogP) is 0.938. The molecule has 5 heteroatoms. The van der Waals surface area contributed by atoms with E-state index in [1.165, 1.54) is 12.4 Å². The number of halogens is 1. The molecular weight excluding hydrogens is 154 g/mol. The van der Waals surface area contributed by atoms with Crippen molar-refractivity contribution < 1.29 is 5.21 Å². The summed E-state index contributed by atoms with van der Waals surface area (Å²) < 4.78 is 0. The van der Waals surface area contributed by atoms with Crippen molar-refractivity contribution in [3.05, 3.63) is 23.2 Å². The summed E-state index contributed by atoms with van der Waals surface area (Å²) in [4.78, 5) is 7.43. The fourth-order valence-corrected chi connectivity index (χ4v) is 0.538. The molecule has 10 heavy (non-hydrogen) atoms. The Balaban J connectivity index is 2.89. The third-order valence-corrected chi connectivity index (χ3v) is 1.01. The van der Waals surface area contributed by atoms with Crippen molar-refractivity contribution in [2.45, 2.75) is 0 Å². The van der Waals surface area contributed by atoms with Crippen LogP contribution in [0, 0.1) is 0 Å². The quantitative estimate of drug-likeness (QED) is 0.375. The number of hydrogen-bond acceptors (Lipinski definition) is 4. The first-order valence-electron chi connectivity index (χ1n) is 2.48. The van der Waals surface area contributed by atoms with Gasteiger partial charge < -0.3 is 5.21 Å². The predicted molar refractivity (Wildman–Crippen MR) is 36.4 cm³/mol. The minimum atomic E-state index is 0.326. The topological polar surface area (TPSA) is 58.4 Å². The summed E-state index contributed by atoms with van der Waals surface area (Å²) in [6.45, 7) is 0. The van der Waals surface area contributed by atoms with Crippen LogP contribution in [0.5, 0.6) is 0 Å². The number of nitrogens with zero attached hydrogens (tertiary/aromatic N) is 3. The zero-order valence-corrected chi connectivity index (χ0v) is 5.65. The van der Waals surface area contributed by atoms with Crippen LogP contribution in [-0.4, -0.2) is 21.4 Å². The lowest BCUT2D eigenvalue weighted by Crippen LogP contribution is -1.90. The fraction of sp³-hybridized carbons (Fsp3) is 0. The fourth-order valence-electron chi connectivity index (χ4n) is 0.441. The van der Waals surface area contributed by atoms with Crippen LogP contribution in [0.2, 0.25) is 5.02 Å². The Morgan fingerprint density at radius 1 is 1.50 bits per heavy atom. The largest absolute Gasteiger partial charge is 0.411 e. The zero-order chi connectivity index (χ0) is 7.40. The van der Waals surface area contributed by atoms with E-state index >= 15 is 0 Å². The Kier molecular flexibility index (Phi) is 2.17. The third-order valence-electron chi connectivity index (χ3n) is 0.814. The molecule has 1 N–H and O–H groups in total. The van der Waals surface area contributed by atoms with E-state index in [9.17, 15) is 0 Å². The summed E-state index contributed by atoms with van der Waals surface area (Å²) in [6.07, 6.45) is 3.97. The van der Waals surface area contributed by atoms with Crippen molar-refractivity contribution in [3.8, 4) is 0 Å². The molecule has 52 valence electrons. The van der Waals surface area contributed by atoms with Gasteiger partial charge in [0.15, 0.2) is 5.82 Å². The summed E-state index contributed by atoms with van der Waals surface area (Å²) in [5.74, 6) is 0.326. The van der Waals surface area contributed by atoms with Crippen molar-refractivity contribution in [1.29, 1.82) is 0 Å². The molecule has 0 aliphatic heterocycles. The second-order valence-corrected chi connectivity index (χ2v) is 1.94. The maximum Gasteiger partial charge on any atom is 0.173 e. The molecule has 0 aliphatic carbocycles. The minimum Gasteiger partial charge on any atom is -0.411 e. The Labute approximate surface area is 62.2 Å². The maximum atomic E-state index is 8.05. The van der Waals surface area contributed by atoms with Gasteiger partial charge in [0.05, 0.1) is 5.02 Å². The molecular formula is C5H4ClN3O. The average molecular weight is 158 g/mol. The van der Waals surface area contributed by atoms with E-state index in [2.05, 4.69) is 15.1 Å². The zero-order valence-electron chi connectivity index (χ0n) is 4.90. The summed E-state index contributed by atoms with van der Waals surface area (Å²) in [5.41, 5.74) is 0. The first-order chi connectivity index (χ1) is 4.83. The molecule has 0 aliphatic rings. The van der Waals surface area contributed by atoms with Gasteiger partial charge in [0, 0.05) is 12.4 Å². The van der Waals surface area contributed by atoms with E-state index in [1.54, 1.807) is 0 Å². The smallest absolute Gasteiger partial charge is 0.173 e. The average Bonchev–Trinajstić information content (AvgIpc) is 1.95. The number of hydrogen-bond donors (Lipinski definition) is 1. The van der Waals surface area contributed by atoms with Crippen LogP contribution in [0.4, 0.5) is 0 Å². The number of rotatable bonds is 1. The van der Waals surface area contributed by atoms with Crippen LogP contribution in [0.3, 0.4) is 0 Å². The highest BCUT2D eigenvalue weighted by Gasteiger charge is 1.89. The van der Waals surface area contributed by atoms with Gasteiger partial charge in [0.2, 0.25) is 0 Å². The monoisotopic (exact) mass is 157 g/mol. The van der Waals surface area contributed by atoms with E-state index in [0.717, 1.165) is 6.21 Å². The van der Waals surface area contributed by atoms with Crippen LogP contribution in [0.1, 0.15) is 5.82 Å². The Morgan fingerprint density at radius 2 is 2.10 bits per heavy atom. The van der Waals surface area contributed by atoms with Crippen molar-refractivity contribution in [1.82, 2.24) is 9.97 Å². The van der Waals surface area contributed by atoms with E-state index in [-0.39, 0.29) is 0 Å². The normalized spacial score (nSPS) is 10.5. The highest BCUT2D eigenvalue weighted by molar-refractivity contribution is 6.30. The molecule has 0 atom stereocenters. The molecule has 0 radical (unpaired) electrons. The van der Waals surface area contributed by atoms with E-state index in [4.69, 9.17) is 16.8 Å². The van der Waals surface area contributed by atoms with E-state index in [1.807, 2.05) is 0 Å². The molecule has 1 heterocycles. The Hall–Kier alpha value is -1.16. The molecule has 4 nitrogen and oxygen atoms in total. The van der Waals surface area contributed by atoms with E-state index < -0.39 is 0 Å². The van der Waals surface area contributed by atoms with Gasteiger partial charge in [0.1, 0.15) is 6.21 Å². The molecule has 0 aromatic carbocycles. The van der Waals surface area contributed by atoms with Gasteiger partial charge >= 0.3 is 0 Å². The van der Waals surface area contributed by atoms with Crippen molar-refractivity contribution >= 4 is 17.8 Å². The maximum absolute atomic E-state index is 8.05. The van der Waals surface area contributed by atoms with Gasteiger partial charge in [-0.05, 0) is 0 Å².